The van der Waals surface area contributed by atoms with E-state index >= 15 is 0 Å². The second-order valence-electron chi connectivity index (χ2n) is 4.86. The highest BCUT2D eigenvalue weighted by Gasteiger charge is 2.24. The Balaban J connectivity index is 2.18. The molecule has 0 aliphatic rings. The Labute approximate surface area is 137 Å². The van der Waals surface area contributed by atoms with E-state index in [-0.39, 0.29) is 5.69 Å². The first-order valence-corrected chi connectivity index (χ1v) is 7.19. The molecule has 0 saturated carbocycles. The van der Waals surface area contributed by atoms with Gasteiger partial charge in [-0.2, -0.15) is 10.2 Å². The van der Waals surface area contributed by atoms with Gasteiger partial charge in [-0.15, -0.1) is 0 Å². The largest absolute Gasteiger partial charge is 0.385 e. The molecule has 0 spiro atoms. The van der Waals surface area contributed by atoms with Gasteiger partial charge >= 0.3 is 11.4 Å². The minimum absolute atomic E-state index is 0.167. The van der Waals surface area contributed by atoms with Crippen molar-refractivity contribution in [3.05, 3.63) is 62.7 Å². The SMILES string of the molecule is CCCNc1ccc(N=Nc2ccc([N+](=O)[O-])c([N+](=O)[O-])c2)cc1. The van der Waals surface area contributed by atoms with Crippen LogP contribution in [-0.4, -0.2) is 16.4 Å². The van der Waals surface area contributed by atoms with Crippen LogP contribution in [0.4, 0.5) is 28.4 Å². The monoisotopic (exact) mass is 329 g/mol. The number of hydrogen-bond acceptors (Lipinski definition) is 7. The van der Waals surface area contributed by atoms with Crippen molar-refractivity contribution in [1.29, 1.82) is 0 Å². The number of benzene rings is 2. The van der Waals surface area contributed by atoms with Gasteiger partial charge in [0.2, 0.25) is 0 Å². The molecular formula is C15H15N5O4. The minimum atomic E-state index is -0.814. The number of azo groups is 1. The van der Waals surface area contributed by atoms with Crippen LogP contribution in [0.3, 0.4) is 0 Å². The van der Waals surface area contributed by atoms with Crippen LogP contribution < -0.4 is 5.32 Å². The summed E-state index contributed by atoms with van der Waals surface area (Å²) in [4.78, 5) is 20.0. The van der Waals surface area contributed by atoms with Gasteiger partial charge < -0.3 is 5.32 Å². The third kappa shape index (κ3) is 4.32. The van der Waals surface area contributed by atoms with E-state index in [9.17, 15) is 20.2 Å². The van der Waals surface area contributed by atoms with Crippen molar-refractivity contribution in [3.63, 3.8) is 0 Å². The molecule has 0 saturated heterocycles. The van der Waals surface area contributed by atoms with E-state index in [1.165, 1.54) is 6.07 Å². The summed E-state index contributed by atoms with van der Waals surface area (Å²) in [5.74, 6) is 0. The van der Waals surface area contributed by atoms with E-state index in [1.807, 2.05) is 12.1 Å². The normalized spacial score (nSPS) is 10.7. The molecular weight excluding hydrogens is 314 g/mol. The zero-order chi connectivity index (χ0) is 17.5. The summed E-state index contributed by atoms with van der Waals surface area (Å²) >= 11 is 0. The number of hydrogen-bond donors (Lipinski definition) is 1. The van der Waals surface area contributed by atoms with Gasteiger partial charge in [0.1, 0.15) is 0 Å². The number of nitro groups is 2. The fourth-order valence-corrected chi connectivity index (χ4v) is 1.91. The Bertz CT molecular complexity index is 774. The summed E-state index contributed by atoms with van der Waals surface area (Å²) in [7, 11) is 0. The van der Waals surface area contributed by atoms with Crippen LogP contribution in [0.25, 0.3) is 0 Å². The number of rotatable bonds is 7. The highest BCUT2D eigenvalue weighted by Crippen LogP contribution is 2.31. The Kier molecular flexibility index (Phi) is 5.50. The van der Waals surface area contributed by atoms with E-state index in [0.717, 1.165) is 30.8 Å². The second kappa shape index (κ2) is 7.77. The fraction of sp³-hybridized carbons (Fsp3) is 0.200. The fourth-order valence-electron chi connectivity index (χ4n) is 1.91. The molecule has 0 unspecified atom stereocenters. The van der Waals surface area contributed by atoms with Gasteiger partial charge in [0, 0.05) is 18.3 Å². The molecule has 1 N–H and O–H groups in total. The van der Waals surface area contributed by atoms with E-state index < -0.39 is 21.2 Å². The zero-order valence-electron chi connectivity index (χ0n) is 12.9. The van der Waals surface area contributed by atoms with Gasteiger partial charge in [0.15, 0.2) is 0 Å². The van der Waals surface area contributed by atoms with Crippen molar-refractivity contribution in [1.82, 2.24) is 0 Å². The highest BCUT2D eigenvalue weighted by molar-refractivity contribution is 5.60. The van der Waals surface area contributed by atoms with Crippen LogP contribution in [0.5, 0.6) is 0 Å². The maximum Gasteiger partial charge on any atom is 0.348 e. The quantitative estimate of drug-likeness (QED) is 0.446. The Morgan fingerprint density at radius 3 is 2.08 bits per heavy atom. The van der Waals surface area contributed by atoms with Gasteiger partial charge in [-0.1, -0.05) is 6.92 Å². The molecule has 0 fully saturated rings. The van der Waals surface area contributed by atoms with E-state index in [1.54, 1.807) is 12.1 Å². The topological polar surface area (TPSA) is 123 Å². The van der Waals surface area contributed by atoms with Crippen LogP contribution in [0.15, 0.2) is 52.7 Å². The lowest BCUT2D eigenvalue weighted by Crippen LogP contribution is -1.98. The average Bonchev–Trinajstić information content (AvgIpc) is 2.58. The molecule has 9 heteroatoms. The lowest BCUT2D eigenvalue weighted by Gasteiger charge is -2.03. The zero-order valence-corrected chi connectivity index (χ0v) is 12.9. The molecule has 0 amide bonds. The Hall–Kier alpha value is -3.36. The molecule has 0 bridgehead atoms. The first-order valence-electron chi connectivity index (χ1n) is 7.19. The predicted octanol–water partition coefficient (Wildman–Crippen LogP) is 4.74. The standard InChI is InChI=1S/C15H15N5O4/c1-2-9-16-11-3-5-12(6-4-11)17-18-13-7-8-14(19(21)22)15(10-13)20(23)24/h3-8,10,16H,2,9H2,1H3. The van der Waals surface area contributed by atoms with E-state index in [2.05, 4.69) is 22.5 Å². The van der Waals surface area contributed by atoms with Gasteiger partial charge in [0.25, 0.3) is 0 Å². The molecule has 2 aromatic rings. The van der Waals surface area contributed by atoms with Crippen molar-refractivity contribution in [3.8, 4) is 0 Å². The first-order chi connectivity index (χ1) is 11.5. The first kappa shape index (κ1) is 17.0. The van der Waals surface area contributed by atoms with Crippen LogP contribution >= 0.6 is 0 Å². The van der Waals surface area contributed by atoms with Crippen LogP contribution in [0.2, 0.25) is 0 Å². The number of anilines is 1. The molecule has 24 heavy (non-hydrogen) atoms. The van der Waals surface area contributed by atoms with Crippen LogP contribution in [0, 0.1) is 20.2 Å². The lowest BCUT2D eigenvalue weighted by atomic mass is 10.2. The Morgan fingerprint density at radius 2 is 1.50 bits per heavy atom. The van der Waals surface area contributed by atoms with Gasteiger partial charge in [-0.05, 0) is 36.8 Å². The molecule has 124 valence electrons. The second-order valence-corrected chi connectivity index (χ2v) is 4.86. The third-order valence-corrected chi connectivity index (χ3v) is 3.08. The smallest absolute Gasteiger partial charge is 0.348 e. The van der Waals surface area contributed by atoms with Crippen molar-refractivity contribution in [2.45, 2.75) is 13.3 Å². The van der Waals surface area contributed by atoms with Crippen molar-refractivity contribution in [2.24, 2.45) is 10.2 Å². The van der Waals surface area contributed by atoms with Gasteiger partial charge in [-0.25, -0.2) is 0 Å². The summed E-state index contributed by atoms with van der Waals surface area (Å²) in [6.45, 7) is 2.94. The maximum absolute atomic E-state index is 10.9. The minimum Gasteiger partial charge on any atom is -0.385 e. The summed E-state index contributed by atoms with van der Waals surface area (Å²) in [6.07, 6.45) is 1.01. The van der Waals surface area contributed by atoms with Crippen molar-refractivity contribution < 1.29 is 9.85 Å². The molecule has 2 aromatic carbocycles. The molecule has 0 aliphatic carbocycles. The number of nitrogens with zero attached hydrogens (tertiary/aromatic N) is 4. The molecule has 0 radical (unpaired) electrons. The molecule has 0 aromatic heterocycles. The highest BCUT2D eigenvalue weighted by atomic mass is 16.6. The molecule has 9 nitrogen and oxygen atoms in total. The summed E-state index contributed by atoms with van der Waals surface area (Å²) in [5, 5.41) is 32.8. The molecule has 2 rings (SSSR count). The van der Waals surface area contributed by atoms with Crippen molar-refractivity contribution >= 4 is 28.4 Å². The molecule has 0 atom stereocenters. The Morgan fingerprint density at radius 1 is 0.917 bits per heavy atom. The van der Waals surface area contributed by atoms with E-state index in [4.69, 9.17) is 0 Å². The van der Waals surface area contributed by atoms with Gasteiger partial charge in [0.05, 0.1) is 27.3 Å². The van der Waals surface area contributed by atoms with Crippen LogP contribution in [0.1, 0.15) is 13.3 Å². The summed E-state index contributed by atoms with van der Waals surface area (Å²) in [5.41, 5.74) is 0.501. The maximum atomic E-state index is 10.9. The lowest BCUT2D eigenvalue weighted by molar-refractivity contribution is -0.422. The summed E-state index contributed by atoms with van der Waals surface area (Å²) < 4.78 is 0. The average molecular weight is 329 g/mol. The molecule has 0 heterocycles. The van der Waals surface area contributed by atoms with E-state index in [0.29, 0.717) is 5.69 Å². The number of nitrogens with one attached hydrogen (secondary N) is 1. The van der Waals surface area contributed by atoms with Crippen molar-refractivity contribution in [2.75, 3.05) is 11.9 Å². The molecule has 0 aliphatic heterocycles. The predicted molar refractivity (Wildman–Crippen MR) is 89.1 cm³/mol. The summed E-state index contributed by atoms with van der Waals surface area (Å²) in [6, 6.07) is 10.6. The van der Waals surface area contributed by atoms with Crippen LogP contribution in [-0.2, 0) is 0 Å². The number of nitro benzene ring substituents is 2. The van der Waals surface area contributed by atoms with Gasteiger partial charge in [-0.3, -0.25) is 20.2 Å². The third-order valence-electron chi connectivity index (χ3n) is 3.08.